The molecule has 2 rings (SSSR count). The van der Waals surface area contributed by atoms with Crippen molar-refractivity contribution in [1.29, 1.82) is 0 Å². The Hall–Kier alpha value is -1.01. The van der Waals surface area contributed by atoms with E-state index in [1.807, 2.05) is 12.1 Å². The molecule has 0 heterocycles. The van der Waals surface area contributed by atoms with E-state index in [0.29, 0.717) is 5.75 Å². The van der Waals surface area contributed by atoms with Gasteiger partial charge < -0.3 is 9.84 Å². The number of ether oxygens (including phenoxy) is 1. The summed E-state index contributed by atoms with van der Waals surface area (Å²) >= 11 is 7.25. The lowest BCUT2D eigenvalue weighted by Gasteiger charge is -2.06. The van der Waals surface area contributed by atoms with E-state index in [1.54, 1.807) is 18.2 Å². The molecule has 0 aliphatic carbocycles. The van der Waals surface area contributed by atoms with Gasteiger partial charge in [-0.15, -0.1) is 0 Å². The van der Waals surface area contributed by atoms with Crippen LogP contribution in [0.25, 0.3) is 10.8 Å². The van der Waals surface area contributed by atoms with Crippen LogP contribution in [-0.4, -0.2) is 17.0 Å². The van der Waals surface area contributed by atoms with Gasteiger partial charge in [-0.25, -0.2) is 0 Å². The topological polar surface area (TPSA) is 46.5 Å². The van der Waals surface area contributed by atoms with Crippen molar-refractivity contribution in [2.75, 3.05) is 6.61 Å². The summed E-state index contributed by atoms with van der Waals surface area (Å²) < 4.78 is 5.97. The average molecular weight is 363 g/mol. The molecule has 0 saturated carbocycles. The second-order valence-electron chi connectivity index (χ2n) is 3.46. The Bertz CT molecular complexity index is 583. The molecular weight excluding hydrogens is 354 g/mol. The molecular formula is C12H8ClIO3. The van der Waals surface area contributed by atoms with Gasteiger partial charge in [-0.2, -0.15) is 0 Å². The molecule has 0 radical (unpaired) electrons. The molecule has 17 heavy (non-hydrogen) atoms. The molecule has 2 aromatic rings. The molecule has 0 aromatic heterocycles. The van der Waals surface area contributed by atoms with Gasteiger partial charge in [0.25, 0.3) is 5.24 Å². The Morgan fingerprint density at radius 1 is 1.29 bits per heavy atom. The summed E-state index contributed by atoms with van der Waals surface area (Å²) in [6.45, 7) is -0.163. The highest BCUT2D eigenvalue weighted by Crippen LogP contribution is 2.28. The van der Waals surface area contributed by atoms with Gasteiger partial charge in [0.2, 0.25) is 0 Å². The number of phenols is 1. The lowest BCUT2D eigenvalue weighted by atomic mass is 10.1. The molecule has 0 unspecified atom stereocenters. The number of rotatable bonds is 3. The van der Waals surface area contributed by atoms with Crippen LogP contribution in [0.2, 0.25) is 0 Å². The number of carbonyl (C=O) groups excluding carboxylic acids is 1. The number of fused-ring (bicyclic) bond motifs is 1. The van der Waals surface area contributed by atoms with Crippen LogP contribution in [0.3, 0.4) is 0 Å². The van der Waals surface area contributed by atoms with Crippen LogP contribution in [0.1, 0.15) is 0 Å². The van der Waals surface area contributed by atoms with Gasteiger partial charge in [0.1, 0.15) is 11.5 Å². The zero-order chi connectivity index (χ0) is 12.4. The zero-order valence-electron chi connectivity index (χ0n) is 8.61. The van der Waals surface area contributed by atoms with Crippen LogP contribution in [0, 0.1) is 3.57 Å². The highest BCUT2D eigenvalue weighted by atomic mass is 127. The van der Waals surface area contributed by atoms with Gasteiger partial charge in [-0.05, 0) is 69.2 Å². The van der Waals surface area contributed by atoms with Gasteiger partial charge in [0, 0.05) is 0 Å². The quantitative estimate of drug-likeness (QED) is 0.673. The van der Waals surface area contributed by atoms with E-state index in [1.165, 1.54) is 0 Å². The first-order valence-electron chi connectivity index (χ1n) is 4.79. The summed E-state index contributed by atoms with van der Waals surface area (Å²) in [5.41, 5.74) is 0. The highest BCUT2D eigenvalue weighted by Gasteiger charge is 2.04. The van der Waals surface area contributed by atoms with Crippen LogP contribution in [-0.2, 0) is 4.79 Å². The minimum atomic E-state index is -0.546. The van der Waals surface area contributed by atoms with Crippen molar-refractivity contribution >= 4 is 50.2 Å². The third-order valence-electron chi connectivity index (χ3n) is 2.23. The summed E-state index contributed by atoms with van der Waals surface area (Å²) in [5, 5.41) is 10.9. The predicted molar refractivity (Wildman–Crippen MR) is 74.7 cm³/mol. The lowest BCUT2D eigenvalue weighted by Crippen LogP contribution is -2.04. The molecule has 0 aliphatic rings. The Morgan fingerprint density at radius 2 is 2.06 bits per heavy atom. The predicted octanol–water partition coefficient (Wildman–Crippen LogP) is 3.29. The molecule has 0 aliphatic heterocycles. The fourth-order valence-electron chi connectivity index (χ4n) is 1.47. The van der Waals surface area contributed by atoms with Crippen molar-refractivity contribution in [1.82, 2.24) is 0 Å². The van der Waals surface area contributed by atoms with E-state index < -0.39 is 5.24 Å². The van der Waals surface area contributed by atoms with Gasteiger partial charge in [-0.1, -0.05) is 6.07 Å². The standard InChI is InChI=1S/C12H8ClIO3/c13-12(16)6-17-9-2-1-7-4-10(14)11(15)5-8(7)3-9/h1-5,15H,6H2. The van der Waals surface area contributed by atoms with Crippen LogP contribution in [0.4, 0.5) is 0 Å². The summed E-state index contributed by atoms with van der Waals surface area (Å²) in [6, 6.07) is 8.92. The van der Waals surface area contributed by atoms with Crippen molar-refractivity contribution in [2.45, 2.75) is 0 Å². The summed E-state index contributed by atoms with van der Waals surface area (Å²) in [4.78, 5) is 10.6. The van der Waals surface area contributed by atoms with Crippen molar-refractivity contribution in [3.8, 4) is 11.5 Å². The molecule has 88 valence electrons. The van der Waals surface area contributed by atoms with E-state index >= 15 is 0 Å². The number of phenolic OH excluding ortho intramolecular Hbond substituents is 1. The minimum absolute atomic E-state index is 0.163. The minimum Gasteiger partial charge on any atom is -0.507 e. The zero-order valence-corrected chi connectivity index (χ0v) is 11.5. The van der Waals surface area contributed by atoms with E-state index in [-0.39, 0.29) is 12.4 Å². The van der Waals surface area contributed by atoms with Crippen molar-refractivity contribution < 1.29 is 14.6 Å². The van der Waals surface area contributed by atoms with Gasteiger partial charge in [-0.3, -0.25) is 4.79 Å². The molecule has 0 amide bonds. The fourth-order valence-corrected chi connectivity index (χ4v) is 2.01. The first-order valence-corrected chi connectivity index (χ1v) is 6.25. The number of benzene rings is 2. The SMILES string of the molecule is O=C(Cl)COc1ccc2cc(I)c(O)cc2c1. The summed E-state index contributed by atoms with van der Waals surface area (Å²) in [7, 11) is 0. The molecule has 0 spiro atoms. The third kappa shape index (κ3) is 3.01. The van der Waals surface area contributed by atoms with Gasteiger partial charge >= 0.3 is 0 Å². The van der Waals surface area contributed by atoms with Crippen LogP contribution in [0.5, 0.6) is 11.5 Å². The molecule has 5 heteroatoms. The third-order valence-corrected chi connectivity index (χ3v) is 3.20. The number of carbonyl (C=O) groups is 1. The largest absolute Gasteiger partial charge is 0.507 e. The number of aromatic hydroxyl groups is 1. The first-order chi connectivity index (χ1) is 8.06. The second-order valence-corrected chi connectivity index (χ2v) is 5.04. The Morgan fingerprint density at radius 3 is 2.76 bits per heavy atom. The van der Waals surface area contributed by atoms with Crippen molar-refractivity contribution in [3.63, 3.8) is 0 Å². The van der Waals surface area contributed by atoms with Crippen LogP contribution in [0.15, 0.2) is 30.3 Å². The maximum absolute atomic E-state index is 10.6. The number of hydrogen-bond donors (Lipinski definition) is 1. The van der Waals surface area contributed by atoms with Crippen molar-refractivity contribution in [3.05, 3.63) is 33.9 Å². The molecule has 1 N–H and O–H groups in total. The monoisotopic (exact) mass is 362 g/mol. The number of hydrogen-bond acceptors (Lipinski definition) is 3. The van der Waals surface area contributed by atoms with E-state index in [9.17, 15) is 9.90 Å². The average Bonchev–Trinajstić information content (AvgIpc) is 2.28. The molecule has 0 fully saturated rings. The molecule has 0 bridgehead atoms. The van der Waals surface area contributed by atoms with E-state index in [4.69, 9.17) is 16.3 Å². The second kappa shape index (κ2) is 5.10. The van der Waals surface area contributed by atoms with Crippen LogP contribution >= 0.6 is 34.2 Å². The maximum Gasteiger partial charge on any atom is 0.259 e. The Labute approximate surface area is 116 Å². The lowest BCUT2D eigenvalue weighted by molar-refractivity contribution is -0.113. The van der Waals surface area contributed by atoms with Gasteiger partial charge in [0.15, 0.2) is 6.61 Å². The van der Waals surface area contributed by atoms with E-state index in [2.05, 4.69) is 22.6 Å². The smallest absolute Gasteiger partial charge is 0.259 e. The van der Waals surface area contributed by atoms with Gasteiger partial charge in [0.05, 0.1) is 3.57 Å². The molecule has 0 atom stereocenters. The van der Waals surface area contributed by atoms with E-state index in [0.717, 1.165) is 14.3 Å². The first kappa shape index (κ1) is 12.4. The van der Waals surface area contributed by atoms with Crippen molar-refractivity contribution in [2.24, 2.45) is 0 Å². The number of halogens is 2. The maximum atomic E-state index is 10.6. The fraction of sp³-hybridized carbons (Fsp3) is 0.0833. The Balaban J connectivity index is 2.36. The molecule has 3 nitrogen and oxygen atoms in total. The highest BCUT2D eigenvalue weighted by molar-refractivity contribution is 14.1. The molecule has 2 aromatic carbocycles. The molecule has 0 saturated heterocycles. The summed E-state index contributed by atoms with van der Waals surface area (Å²) in [6.07, 6.45) is 0. The van der Waals surface area contributed by atoms with Crippen LogP contribution < -0.4 is 4.74 Å². The normalized spacial score (nSPS) is 10.5. The Kier molecular flexibility index (Phi) is 3.73. The summed E-state index contributed by atoms with van der Waals surface area (Å²) in [5.74, 6) is 0.774.